The van der Waals surface area contributed by atoms with Crippen LogP contribution in [0.5, 0.6) is 0 Å². The van der Waals surface area contributed by atoms with Gasteiger partial charge in [-0.25, -0.2) is 13.9 Å². The molecule has 128 valence electrons. The lowest BCUT2D eigenvalue weighted by molar-refractivity contribution is -0.672. The first-order chi connectivity index (χ1) is 11.2. The summed E-state index contributed by atoms with van der Waals surface area (Å²) in [6.45, 7) is 0.0202. The molecule has 2 rings (SSSR count). The third-order valence-electron chi connectivity index (χ3n) is 3.35. The van der Waals surface area contributed by atoms with Gasteiger partial charge in [0, 0.05) is 11.8 Å². The lowest BCUT2D eigenvalue weighted by Crippen LogP contribution is -2.34. The number of nitrogens with two attached hydrogens (primary N) is 1. The van der Waals surface area contributed by atoms with Crippen molar-refractivity contribution in [2.24, 2.45) is 12.8 Å². The second-order valence-electron chi connectivity index (χ2n) is 4.99. The van der Waals surface area contributed by atoms with Crippen molar-refractivity contribution in [2.75, 3.05) is 6.54 Å². The number of nitrogens with zero attached hydrogens (tertiary/aromatic N) is 1. The number of halogens is 4. The molecular formula is C15H15F4N4O+. The van der Waals surface area contributed by atoms with Gasteiger partial charge in [-0.3, -0.25) is 4.79 Å². The number of aromatic amines is 1. The number of imidazole rings is 1. The maximum absolute atomic E-state index is 13.5. The molecule has 0 saturated carbocycles. The smallest absolute Gasteiger partial charge is 0.404 e. The Balaban J connectivity index is 2.10. The molecule has 1 aromatic carbocycles. The monoisotopic (exact) mass is 343 g/mol. The maximum atomic E-state index is 13.5. The van der Waals surface area contributed by atoms with Gasteiger partial charge >= 0.3 is 6.18 Å². The molecule has 0 saturated heterocycles. The molecule has 0 aliphatic heterocycles. The van der Waals surface area contributed by atoms with E-state index in [0.29, 0.717) is 23.5 Å². The summed E-state index contributed by atoms with van der Waals surface area (Å²) in [5.74, 6) is -1.56. The van der Waals surface area contributed by atoms with E-state index in [0.717, 1.165) is 6.07 Å². The van der Waals surface area contributed by atoms with E-state index in [-0.39, 0.29) is 12.1 Å². The summed E-state index contributed by atoms with van der Waals surface area (Å²) in [6.07, 6.45) is -0.103. The van der Waals surface area contributed by atoms with Crippen LogP contribution in [-0.4, -0.2) is 17.4 Å². The van der Waals surface area contributed by atoms with E-state index in [1.54, 1.807) is 24.0 Å². The molecule has 24 heavy (non-hydrogen) atoms. The Morgan fingerprint density at radius 1 is 1.42 bits per heavy atom. The Kier molecular flexibility index (Phi) is 4.91. The van der Waals surface area contributed by atoms with E-state index in [1.807, 2.05) is 0 Å². The number of carbonyl (C=O) groups excluding carboxylic acids is 1. The Hall–Kier alpha value is -2.84. The molecule has 0 fully saturated rings. The fourth-order valence-electron chi connectivity index (χ4n) is 2.11. The van der Waals surface area contributed by atoms with Crippen LogP contribution >= 0.6 is 0 Å². The third-order valence-corrected chi connectivity index (χ3v) is 3.35. The van der Waals surface area contributed by atoms with Gasteiger partial charge in [0.1, 0.15) is 18.2 Å². The van der Waals surface area contributed by atoms with Gasteiger partial charge < -0.3 is 11.1 Å². The van der Waals surface area contributed by atoms with E-state index in [1.165, 1.54) is 6.20 Å². The number of H-pyrrole nitrogens is 1. The molecular weight excluding hydrogens is 328 g/mol. The number of hydrogen-bond acceptors (Lipinski definition) is 2. The summed E-state index contributed by atoms with van der Waals surface area (Å²) in [6, 6.07) is 2.01. The van der Waals surface area contributed by atoms with Gasteiger partial charge in [0.2, 0.25) is 0 Å². The van der Waals surface area contributed by atoms with Gasteiger partial charge in [0.25, 0.3) is 11.7 Å². The molecule has 4 N–H and O–H groups in total. The summed E-state index contributed by atoms with van der Waals surface area (Å²) in [7, 11) is 1.77. The van der Waals surface area contributed by atoms with Crippen LogP contribution in [0.1, 0.15) is 21.7 Å². The molecule has 1 amide bonds. The highest BCUT2D eigenvalue weighted by Gasteiger charge is 2.34. The third kappa shape index (κ3) is 3.73. The molecule has 0 unspecified atom stereocenters. The first kappa shape index (κ1) is 17.5. The zero-order chi connectivity index (χ0) is 17.9. The molecule has 0 aliphatic rings. The van der Waals surface area contributed by atoms with Gasteiger partial charge in [-0.05, 0) is 18.2 Å². The summed E-state index contributed by atoms with van der Waals surface area (Å²) >= 11 is 0. The van der Waals surface area contributed by atoms with Gasteiger partial charge in [0.15, 0.2) is 0 Å². The number of benzene rings is 1. The SMILES string of the molecule is C[n+]1cc[nH]c1/C(=C\N)CNC(=O)c1ccc(C(F)(F)F)c(F)c1. The highest BCUT2D eigenvalue weighted by atomic mass is 19.4. The lowest BCUT2D eigenvalue weighted by atomic mass is 10.1. The normalized spacial score (nSPS) is 12.3. The number of amides is 1. The molecule has 0 spiro atoms. The van der Waals surface area contributed by atoms with E-state index in [9.17, 15) is 22.4 Å². The van der Waals surface area contributed by atoms with Crippen LogP contribution in [0, 0.1) is 5.82 Å². The molecule has 2 aromatic rings. The second-order valence-corrected chi connectivity index (χ2v) is 4.99. The van der Waals surface area contributed by atoms with Gasteiger partial charge in [-0.15, -0.1) is 0 Å². The Morgan fingerprint density at radius 2 is 2.12 bits per heavy atom. The Bertz CT molecular complexity index is 780. The topological polar surface area (TPSA) is 74.8 Å². The number of aromatic nitrogens is 2. The van der Waals surface area contributed by atoms with Crippen LogP contribution < -0.4 is 15.6 Å². The average Bonchev–Trinajstić information content (AvgIpc) is 2.92. The molecule has 0 aliphatic carbocycles. The number of aryl methyl sites for hydroxylation is 1. The minimum absolute atomic E-state index is 0.0202. The first-order valence-electron chi connectivity index (χ1n) is 6.83. The molecule has 0 atom stereocenters. The molecule has 1 heterocycles. The first-order valence-corrected chi connectivity index (χ1v) is 6.83. The Morgan fingerprint density at radius 3 is 2.62 bits per heavy atom. The molecule has 1 aromatic heterocycles. The van der Waals surface area contributed by atoms with Crippen LogP contribution in [0.25, 0.3) is 5.57 Å². The lowest BCUT2D eigenvalue weighted by Gasteiger charge is -2.10. The quantitative estimate of drug-likeness (QED) is 0.584. The molecule has 0 bridgehead atoms. The number of alkyl halides is 3. The molecule has 0 radical (unpaired) electrons. The maximum Gasteiger partial charge on any atom is 0.419 e. The summed E-state index contributed by atoms with van der Waals surface area (Å²) < 4.78 is 52.8. The van der Waals surface area contributed by atoms with Crippen LogP contribution in [0.3, 0.4) is 0 Å². The van der Waals surface area contributed by atoms with Crippen LogP contribution in [-0.2, 0) is 13.2 Å². The number of hydrogen-bond donors (Lipinski definition) is 3. The van der Waals surface area contributed by atoms with E-state index in [2.05, 4.69) is 10.3 Å². The number of carbonyl (C=O) groups is 1. The van der Waals surface area contributed by atoms with Crippen LogP contribution in [0.15, 0.2) is 36.8 Å². The highest BCUT2D eigenvalue weighted by Crippen LogP contribution is 2.31. The van der Waals surface area contributed by atoms with E-state index in [4.69, 9.17) is 5.73 Å². The minimum atomic E-state index is -4.81. The largest absolute Gasteiger partial charge is 0.419 e. The zero-order valence-corrected chi connectivity index (χ0v) is 12.6. The standard InChI is InChI=1S/C15H14F4N4O/c1-23-5-4-21-13(23)10(7-20)8-22-14(24)9-2-3-11(12(16)6-9)15(17,18)19/h2-7H,8H2,1H3,(H3,20,21,22,24)/p+1. The predicted molar refractivity (Wildman–Crippen MR) is 77.9 cm³/mol. The van der Waals surface area contributed by atoms with Crippen LogP contribution in [0.4, 0.5) is 17.6 Å². The molecule has 5 nitrogen and oxygen atoms in total. The van der Waals surface area contributed by atoms with Crippen molar-refractivity contribution in [1.82, 2.24) is 10.3 Å². The summed E-state index contributed by atoms with van der Waals surface area (Å²) in [5, 5.41) is 2.48. The predicted octanol–water partition coefficient (Wildman–Crippen LogP) is 1.73. The summed E-state index contributed by atoms with van der Waals surface area (Å²) in [5.41, 5.74) is 4.44. The van der Waals surface area contributed by atoms with E-state index >= 15 is 0 Å². The fourth-order valence-corrected chi connectivity index (χ4v) is 2.11. The van der Waals surface area contributed by atoms with Gasteiger partial charge in [-0.1, -0.05) is 0 Å². The fraction of sp³-hybridized carbons (Fsp3) is 0.200. The average molecular weight is 343 g/mol. The van der Waals surface area contributed by atoms with Gasteiger partial charge in [-0.2, -0.15) is 13.2 Å². The highest BCUT2D eigenvalue weighted by molar-refractivity contribution is 5.95. The van der Waals surface area contributed by atoms with Crippen molar-refractivity contribution in [3.8, 4) is 0 Å². The number of nitrogens with one attached hydrogen (secondary N) is 2. The van der Waals surface area contributed by atoms with Crippen molar-refractivity contribution in [2.45, 2.75) is 6.18 Å². The van der Waals surface area contributed by atoms with Crippen LogP contribution in [0.2, 0.25) is 0 Å². The zero-order valence-electron chi connectivity index (χ0n) is 12.6. The van der Waals surface area contributed by atoms with Crippen molar-refractivity contribution in [3.05, 3.63) is 59.6 Å². The molecule has 9 heteroatoms. The van der Waals surface area contributed by atoms with E-state index < -0.39 is 23.5 Å². The van der Waals surface area contributed by atoms with Crippen molar-refractivity contribution in [1.29, 1.82) is 0 Å². The van der Waals surface area contributed by atoms with Crippen molar-refractivity contribution in [3.63, 3.8) is 0 Å². The van der Waals surface area contributed by atoms with Gasteiger partial charge in [0.05, 0.1) is 24.7 Å². The second kappa shape index (κ2) is 6.73. The Labute approximate surface area is 134 Å². The summed E-state index contributed by atoms with van der Waals surface area (Å²) in [4.78, 5) is 14.9. The van der Waals surface area contributed by atoms with Crippen molar-refractivity contribution < 1.29 is 26.9 Å². The number of rotatable bonds is 4. The van der Waals surface area contributed by atoms with Crippen molar-refractivity contribution >= 4 is 11.5 Å². The minimum Gasteiger partial charge on any atom is -0.404 e.